The highest BCUT2D eigenvalue weighted by atomic mass is 16.5. The second-order valence-corrected chi connectivity index (χ2v) is 5.46. The molecule has 0 unspecified atom stereocenters. The monoisotopic (exact) mass is 290 g/mol. The Morgan fingerprint density at radius 1 is 1.38 bits per heavy atom. The Balaban J connectivity index is 1.88. The average Bonchev–Trinajstić information content (AvgIpc) is 2.49. The summed E-state index contributed by atoms with van der Waals surface area (Å²) in [5, 5.41) is 2.92. The minimum absolute atomic E-state index is 0.0465. The summed E-state index contributed by atoms with van der Waals surface area (Å²) in [5.74, 6) is -0.344. The Hall–Kier alpha value is -1.88. The van der Waals surface area contributed by atoms with Crippen LogP contribution in [0.15, 0.2) is 24.3 Å². The molecule has 1 aromatic rings. The third-order valence-electron chi connectivity index (χ3n) is 3.83. The summed E-state index contributed by atoms with van der Waals surface area (Å²) in [4.78, 5) is 25.7. The molecular formula is C16H22N2O3. The van der Waals surface area contributed by atoms with Crippen molar-refractivity contribution in [1.82, 2.24) is 4.90 Å². The van der Waals surface area contributed by atoms with E-state index >= 15 is 0 Å². The predicted octanol–water partition coefficient (Wildman–Crippen LogP) is 1.82. The lowest BCUT2D eigenvalue weighted by atomic mass is 9.98. The first-order valence-corrected chi connectivity index (χ1v) is 7.26. The van der Waals surface area contributed by atoms with Crippen molar-refractivity contribution < 1.29 is 14.3 Å². The van der Waals surface area contributed by atoms with Crippen LogP contribution in [-0.2, 0) is 14.3 Å². The normalized spacial score (nSPS) is 19.0. The van der Waals surface area contributed by atoms with E-state index in [1.807, 2.05) is 36.1 Å². The number of methoxy groups -OCH3 is 1. The van der Waals surface area contributed by atoms with Crippen LogP contribution in [-0.4, -0.2) is 43.5 Å². The lowest BCUT2D eigenvalue weighted by Gasteiger charge is -2.30. The molecule has 0 aliphatic carbocycles. The van der Waals surface area contributed by atoms with Gasteiger partial charge in [0.05, 0.1) is 19.6 Å². The van der Waals surface area contributed by atoms with Crippen molar-refractivity contribution in [2.75, 3.05) is 32.1 Å². The Morgan fingerprint density at radius 2 is 2.14 bits per heavy atom. The molecule has 114 valence electrons. The highest BCUT2D eigenvalue weighted by Crippen LogP contribution is 2.18. The molecule has 2 rings (SSSR count). The summed E-state index contributed by atoms with van der Waals surface area (Å²) in [7, 11) is 1.41. The van der Waals surface area contributed by atoms with Crippen LogP contribution in [0.4, 0.5) is 5.69 Å². The number of benzene rings is 1. The van der Waals surface area contributed by atoms with Crippen LogP contribution in [0.2, 0.25) is 0 Å². The summed E-state index contributed by atoms with van der Waals surface area (Å²) in [6.45, 7) is 3.70. The van der Waals surface area contributed by atoms with Crippen molar-refractivity contribution >= 4 is 17.6 Å². The summed E-state index contributed by atoms with van der Waals surface area (Å²) >= 11 is 0. The maximum absolute atomic E-state index is 12.1. The Labute approximate surface area is 125 Å². The van der Waals surface area contributed by atoms with E-state index in [1.54, 1.807) is 0 Å². The number of hydrogen-bond acceptors (Lipinski definition) is 4. The summed E-state index contributed by atoms with van der Waals surface area (Å²) < 4.78 is 4.79. The largest absolute Gasteiger partial charge is 0.469 e. The Kier molecular flexibility index (Phi) is 5.33. The minimum atomic E-state index is -0.181. The van der Waals surface area contributed by atoms with Gasteiger partial charge in [-0.2, -0.15) is 0 Å². The fourth-order valence-corrected chi connectivity index (χ4v) is 2.66. The zero-order chi connectivity index (χ0) is 15.2. The van der Waals surface area contributed by atoms with Gasteiger partial charge in [0.15, 0.2) is 0 Å². The number of carbonyl (C=O) groups is 2. The van der Waals surface area contributed by atoms with Crippen LogP contribution in [0.25, 0.3) is 0 Å². The number of nitrogens with zero attached hydrogens (tertiary/aromatic N) is 1. The van der Waals surface area contributed by atoms with E-state index in [2.05, 4.69) is 5.32 Å². The average molecular weight is 290 g/mol. The summed E-state index contributed by atoms with van der Waals surface area (Å²) in [6.07, 6.45) is 1.75. The first-order valence-electron chi connectivity index (χ1n) is 7.26. The van der Waals surface area contributed by atoms with Gasteiger partial charge in [0.1, 0.15) is 0 Å². The molecule has 0 aromatic heterocycles. The SMILES string of the molecule is COC(=O)[C@H]1CCCN(CC(=O)Nc2ccccc2C)C1. The zero-order valence-corrected chi connectivity index (χ0v) is 12.6. The molecule has 1 saturated heterocycles. The van der Waals surface area contributed by atoms with Crippen molar-refractivity contribution in [2.24, 2.45) is 5.92 Å². The molecule has 21 heavy (non-hydrogen) atoms. The number of rotatable bonds is 4. The van der Waals surface area contributed by atoms with Gasteiger partial charge in [-0.25, -0.2) is 0 Å². The van der Waals surface area contributed by atoms with Crippen LogP contribution < -0.4 is 5.32 Å². The van der Waals surface area contributed by atoms with E-state index in [4.69, 9.17) is 4.74 Å². The molecule has 1 aliphatic heterocycles. The van der Waals surface area contributed by atoms with Crippen LogP contribution in [0.5, 0.6) is 0 Å². The van der Waals surface area contributed by atoms with Gasteiger partial charge >= 0.3 is 5.97 Å². The molecule has 1 N–H and O–H groups in total. The molecule has 1 fully saturated rings. The number of hydrogen-bond donors (Lipinski definition) is 1. The van der Waals surface area contributed by atoms with E-state index in [-0.39, 0.29) is 17.8 Å². The van der Waals surface area contributed by atoms with Crippen LogP contribution in [0, 0.1) is 12.8 Å². The van der Waals surface area contributed by atoms with Gasteiger partial charge in [-0.1, -0.05) is 18.2 Å². The highest BCUT2D eigenvalue weighted by Gasteiger charge is 2.27. The van der Waals surface area contributed by atoms with Gasteiger partial charge in [-0.15, -0.1) is 0 Å². The van der Waals surface area contributed by atoms with Gasteiger partial charge in [0.25, 0.3) is 0 Å². The van der Waals surface area contributed by atoms with E-state index in [9.17, 15) is 9.59 Å². The smallest absolute Gasteiger partial charge is 0.309 e. The number of piperidine rings is 1. The molecule has 5 heteroatoms. The van der Waals surface area contributed by atoms with E-state index in [0.717, 1.165) is 30.6 Å². The number of ether oxygens (including phenoxy) is 1. The molecular weight excluding hydrogens is 268 g/mol. The van der Waals surface area contributed by atoms with E-state index in [0.29, 0.717) is 13.1 Å². The molecule has 1 amide bonds. The molecule has 0 bridgehead atoms. The number of carbonyl (C=O) groups excluding carboxylic acids is 2. The van der Waals surface area contributed by atoms with Gasteiger partial charge in [-0.3, -0.25) is 14.5 Å². The van der Waals surface area contributed by atoms with Crippen molar-refractivity contribution in [3.8, 4) is 0 Å². The number of para-hydroxylation sites is 1. The summed E-state index contributed by atoms with van der Waals surface area (Å²) in [5.41, 5.74) is 1.88. The molecule has 5 nitrogen and oxygen atoms in total. The van der Waals surface area contributed by atoms with Crippen LogP contribution >= 0.6 is 0 Å². The van der Waals surface area contributed by atoms with Gasteiger partial charge in [0, 0.05) is 12.2 Å². The third kappa shape index (κ3) is 4.29. The molecule has 0 radical (unpaired) electrons. The zero-order valence-electron chi connectivity index (χ0n) is 12.6. The Bertz CT molecular complexity index is 516. The topological polar surface area (TPSA) is 58.6 Å². The number of esters is 1. The predicted molar refractivity (Wildman–Crippen MR) is 81.0 cm³/mol. The lowest BCUT2D eigenvalue weighted by Crippen LogP contribution is -2.42. The molecule has 1 aromatic carbocycles. The van der Waals surface area contributed by atoms with Crippen LogP contribution in [0.1, 0.15) is 18.4 Å². The van der Waals surface area contributed by atoms with Gasteiger partial charge < -0.3 is 10.1 Å². The van der Waals surface area contributed by atoms with E-state index in [1.165, 1.54) is 7.11 Å². The maximum atomic E-state index is 12.1. The molecule has 1 aliphatic rings. The first-order chi connectivity index (χ1) is 10.1. The molecule has 1 heterocycles. The van der Waals surface area contributed by atoms with Crippen molar-refractivity contribution in [3.05, 3.63) is 29.8 Å². The molecule has 1 atom stereocenters. The van der Waals surface area contributed by atoms with Gasteiger partial charge in [0.2, 0.25) is 5.91 Å². The minimum Gasteiger partial charge on any atom is -0.469 e. The van der Waals surface area contributed by atoms with Crippen molar-refractivity contribution in [2.45, 2.75) is 19.8 Å². The summed E-state index contributed by atoms with van der Waals surface area (Å²) in [6, 6.07) is 7.69. The third-order valence-corrected chi connectivity index (χ3v) is 3.83. The fraction of sp³-hybridized carbons (Fsp3) is 0.500. The van der Waals surface area contributed by atoms with Crippen LogP contribution in [0.3, 0.4) is 0 Å². The standard InChI is InChI=1S/C16H22N2O3/c1-12-6-3-4-8-14(12)17-15(19)11-18-9-5-7-13(10-18)16(20)21-2/h3-4,6,8,13H,5,7,9-11H2,1-2H3,(H,17,19)/t13-/m0/s1. The second kappa shape index (κ2) is 7.22. The number of likely N-dealkylation sites (tertiary alicyclic amines) is 1. The molecule has 0 saturated carbocycles. The second-order valence-electron chi connectivity index (χ2n) is 5.46. The lowest BCUT2D eigenvalue weighted by molar-refractivity contribution is -0.147. The number of amides is 1. The highest BCUT2D eigenvalue weighted by molar-refractivity contribution is 5.93. The van der Waals surface area contributed by atoms with Gasteiger partial charge in [-0.05, 0) is 37.9 Å². The quantitative estimate of drug-likeness (QED) is 0.859. The number of anilines is 1. The number of aryl methyl sites for hydroxylation is 1. The number of nitrogens with one attached hydrogen (secondary N) is 1. The van der Waals surface area contributed by atoms with Crippen molar-refractivity contribution in [3.63, 3.8) is 0 Å². The first kappa shape index (κ1) is 15.5. The fourth-order valence-electron chi connectivity index (χ4n) is 2.66. The molecule has 0 spiro atoms. The van der Waals surface area contributed by atoms with Crippen molar-refractivity contribution in [1.29, 1.82) is 0 Å². The maximum Gasteiger partial charge on any atom is 0.309 e. The van der Waals surface area contributed by atoms with E-state index < -0.39 is 0 Å². The Morgan fingerprint density at radius 3 is 2.86 bits per heavy atom.